The third-order valence-electron chi connectivity index (χ3n) is 2.18. The van der Waals surface area contributed by atoms with Crippen LogP contribution in [0.25, 0.3) is 0 Å². The lowest BCUT2D eigenvalue weighted by Gasteiger charge is -2.16. The molecular formula is C10H12Br2N2O. The molecule has 1 amide bonds. The molecule has 0 saturated carbocycles. The molecule has 0 atom stereocenters. The van der Waals surface area contributed by atoms with Crippen molar-refractivity contribution < 1.29 is 4.79 Å². The van der Waals surface area contributed by atoms with E-state index < -0.39 is 0 Å². The van der Waals surface area contributed by atoms with Crippen LogP contribution in [-0.2, 0) is 4.79 Å². The molecule has 3 N–H and O–H groups in total. The fraction of sp³-hybridized carbons (Fsp3) is 0.300. The largest absolute Gasteiger partial charge is 0.397 e. The molecule has 0 aliphatic rings. The highest BCUT2D eigenvalue weighted by Crippen LogP contribution is 2.39. The Kier molecular flexibility index (Phi) is 3.78. The number of halogens is 2. The Morgan fingerprint density at radius 3 is 1.93 bits per heavy atom. The van der Waals surface area contributed by atoms with E-state index >= 15 is 0 Å². The van der Waals surface area contributed by atoms with Crippen LogP contribution in [0.2, 0.25) is 0 Å². The number of amides is 1. The first-order valence-corrected chi connectivity index (χ1v) is 5.96. The van der Waals surface area contributed by atoms with Crippen molar-refractivity contribution in [3.8, 4) is 0 Å². The van der Waals surface area contributed by atoms with Gasteiger partial charge in [0.05, 0.1) is 5.69 Å². The molecule has 0 bridgehead atoms. The van der Waals surface area contributed by atoms with Gasteiger partial charge in [0.1, 0.15) is 0 Å². The van der Waals surface area contributed by atoms with Gasteiger partial charge in [0, 0.05) is 21.6 Å². The van der Waals surface area contributed by atoms with Crippen molar-refractivity contribution in [2.75, 3.05) is 11.1 Å². The molecule has 0 aromatic heterocycles. The molecule has 0 saturated heterocycles. The molecule has 1 rings (SSSR count). The molecule has 0 heterocycles. The SMILES string of the molecule is CC(=O)Nc1c(C)c(Br)c(N)c(Br)c1C. The molecule has 0 aliphatic heterocycles. The molecule has 5 heteroatoms. The number of carbonyl (C=O) groups is 1. The minimum Gasteiger partial charge on any atom is -0.397 e. The summed E-state index contributed by atoms with van der Waals surface area (Å²) in [7, 11) is 0. The second-order valence-electron chi connectivity index (χ2n) is 3.35. The number of hydrogen-bond acceptors (Lipinski definition) is 2. The van der Waals surface area contributed by atoms with Crippen molar-refractivity contribution in [3.05, 3.63) is 20.1 Å². The normalized spacial score (nSPS) is 10.2. The average molecular weight is 336 g/mol. The summed E-state index contributed by atoms with van der Waals surface area (Å²) in [6.07, 6.45) is 0. The summed E-state index contributed by atoms with van der Waals surface area (Å²) in [6.45, 7) is 5.30. The predicted octanol–water partition coefficient (Wildman–Crippen LogP) is 3.37. The number of nitrogens with one attached hydrogen (secondary N) is 1. The summed E-state index contributed by atoms with van der Waals surface area (Å²) < 4.78 is 1.62. The molecule has 15 heavy (non-hydrogen) atoms. The van der Waals surface area contributed by atoms with Gasteiger partial charge >= 0.3 is 0 Å². The van der Waals surface area contributed by atoms with Crippen LogP contribution < -0.4 is 11.1 Å². The van der Waals surface area contributed by atoms with Crippen LogP contribution in [0, 0.1) is 13.8 Å². The summed E-state index contributed by atoms with van der Waals surface area (Å²) in [4.78, 5) is 11.1. The zero-order valence-corrected chi connectivity index (χ0v) is 11.9. The topological polar surface area (TPSA) is 55.1 Å². The van der Waals surface area contributed by atoms with Gasteiger partial charge < -0.3 is 11.1 Å². The number of hydrogen-bond donors (Lipinski definition) is 2. The van der Waals surface area contributed by atoms with Crippen molar-refractivity contribution >= 4 is 49.1 Å². The lowest BCUT2D eigenvalue weighted by molar-refractivity contribution is -0.114. The lowest BCUT2D eigenvalue weighted by Crippen LogP contribution is -2.10. The third kappa shape index (κ3) is 2.34. The monoisotopic (exact) mass is 334 g/mol. The van der Waals surface area contributed by atoms with Gasteiger partial charge in [0.2, 0.25) is 5.91 Å². The first-order chi connectivity index (χ1) is 6.86. The van der Waals surface area contributed by atoms with Crippen molar-refractivity contribution in [1.82, 2.24) is 0 Å². The van der Waals surface area contributed by atoms with Crippen LogP contribution in [0.4, 0.5) is 11.4 Å². The van der Waals surface area contributed by atoms with E-state index in [0.717, 1.165) is 25.8 Å². The highest BCUT2D eigenvalue weighted by Gasteiger charge is 2.15. The summed E-state index contributed by atoms with van der Waals surface area (Å²) in [5.41, 5.74) is 9.20. The lowest BCUT2D eigenvalue weighted by atomic mass is 10.1. The van der Waals surface area contributed by atoms with Crippen LogP contribution in [0.5, 0.6) is 0 Å². The number of benzene rings is 1. The standard InChI is InChI=1S/C10H12Br2N2O/c1-4-7(11)9(13)8(12)5(2)10(4)14-6(3)15/h13H2,1-3H3,(H,14,15). The molecule has 3 nitrogen and oxygen atoms in total. The van der Waals surface area contributed by atoms with Crippen LogP contribution in [0.3, 0.4) is 0 Å². The molecule has 0 fully saturated rings. The Labute approximate surface area is 106 Å². The Balaban J connectivity index is 3.45. The minimum atomic E-state index is -0.0928. The van der Waals surface area contributed by atoms with Gasteiger partial charge in [-0.05, 0) is 56.8 Å². The smallest absolute Gasteiger partial charge is 0.221 e. The zero-order chi connectivity index (χ0) is 11.7. The molecule has 1 aromatic carbocycles. The Hall–Kier alpha value is -0.550. The minimum absolute atomic E-state index is 0.0928. The fourth-order valence-electron chi connectivity index (χ4n) is 1.36. The first kappa shape index (κ1) is 12.5. The molecular weight excluding hydrogens is 324 g/mol. The van der Waals surface area contributed by atoms with Crippen molar-refractivity contribution in [3.63, 3.8) is 0 Å². The number of anilines is 2. The summed E-state index contributed by atoms with van der Waals surface area (Å²) in [5.74, 6) is -0.0928. The highest BCUT2D eigenvalue weighted by atomic mass is 79.9. The number of nitrogen functional groups attached to an aromatic ring is 1. The number of carbonyl (C=O) groups excluding carboxylic acids is 1. The Morgan fingerprint density at radius 2 is 1.60 bits per heavy atom. The van der Waals surface area contributed by atoms with E-state index in [4.69, 9.17) is 5.73 Å². The highest BCUT2D eigenvalue weighted by molar-refractivity contribution is 9.11. The van der Waals surface area contributed by atoms with Gasteiger partial charge in [0.15, 0.2) is 0 Å². The van der Waals surface area contributed by atoms with Crippen molar-refractivity contribution in [2.45, 2.75) is 20.8 Å². The number of nitrogens with two attached hydrogens (primary N) is 1. The van der Waals surface area contributed by atoms with Crippen molar-refractivity contribution in [2.24, 2.45) is 0 Å². The van der Waals surface area contributed by atoms with E-state index in [1.807, 2.05) is 13.8 Å². The number of rotatable bonds is 1. The van der Waals surface area contributed by atoms with Crippen LogP contribution in [0.1, 0.15) is 18.1 Å². The van der Waals surface area contributed by atoms with Crippen LogP contribution in [0.15, 0.2) is 8.95 Å². The Bertz CT molecular complexity index is 401. The van der Waals surface area contributed by atoms with Gasteiger partial charge in [-0.1, -0.05) is 0 Å². The first-order valence-electron chi connectivity index (χ1n) is 4.37. The quantitative estimate of drug-likeness (QED) is 0.773. The third-order valence-corrected chi connectivity index (χ3v) is 4.23. The second kappa shape index (κ2) is 4.53. The maximum Gasteiger partial charge on any atom is 0.221 e. The van der Waals surface area contributed by atoms with E-state index in [1.54, 1.807) is 0 Å². The van der Waals surface area contributed by atoms with E-state index in [2.05, 4.69) is 37.2 Å². The Morgan fingerprint density at radius 1 is 1.20 bits per heavy atom. The van der Waals surface area contributed by atoms with E-state index in [0.29, 0.717) is 5.69 Å². The maximum atomic E-state index is 11.1. The predicted molar refractivity (Wildman–Crippen MR) is 70.0 cm³/mol. The van der Waals surface area contributed by atoms with Gasteiger partial charge in [-0.25, -0.2) is 0 Å². The molecule has 0 radical (unpaired) electrons. The molecule has 0 spiro atoms. The molecule has 0 aliphatic carbocycles. The van der Waals surface area contributed by atoms with Gasteiger partial charge in [-0.2, -0.15) is 0 Å². The summed E-state index contributed by atoms with van der Waals surface area (Å²) >= 11 is 6.80. The average Bonchev–Trinajstić information content (AvgIpc) is 2.18. The fourth-order valence-corrected chi connectivity index (χ4v) is 2.42. The second-order valence-corrected chi connectivity index (χ2v) is 4.93. The summed E-state index contributed by atoms with van der Waals surface area (Å²) in [6, 6.07) is 0. The van der Waals surface area contributed by atoms with Crippen LogP contribution in [-0.4, -0.2) is 5.91 Å². The zero-order valence-electron chi connectivity index (χ0n) is 8.74. The molecule has 82 valence electrons. The maximum absolute atomic E-state index is 11.1. The van der Waals surface area contributed by atoms with Crippen LogP contribution >= 0.6 is 31.9 Å². The van der Waals surface area contributed by atoms with E-state index in [1.165, 1.54) is 6.92 Å². The van der Waals surface area contributed by atoms with Gasteiger partial charge in [-0.15, -0.1) is 0 Å². The summed E-state index contributed by atoms with van der Waals surface area (Å²) in [5, 5.41) is 2.80. The van der Waals surface area contributed by atoms with Gasteiger partial charge in [-0.3, -0.25) is 4.79 Å². The van der Waals surface area contributed by atoms with Gasteiger partial charge in [0.25, 0.3) is 0 Å². The van der Waals surface area contributed by atoms with Crippen molar-refractivity contribution in [1.29, 1.82) is 0 Å². The molecule has 0 unspecified atom stereocenters. The van der Waals surface area contributed by atoms with E-state index in [-0.39, 0.29) is 5.91 Å². The molecule has 1 aromatic rings. The van der Waals surface area contributed by atoms with E-state index in [9.17, 15) is 4.79 Å².